The Hall–Kier alpha value is -1.29. The van der Waals surface area contributed by atoms with Crippen molar-refractivity contribution < 1.29 is 9.84 Å². The van der Waals surface area contributed by atoms with Gasteiger partial charge in [-0.05, 0) is 18.4 Å². The van der Waals surface area contributed by atoms with Crippen molar-refractivity contribution >= 4 is 5.69 Å². The topological polar surface area (TPSA) is 54.4 Å². The summed E-state index contributed by atoms with van der Waals surface area (Å²) in [6.07, 6.45) is 3.62. The van der Waals surface area contributed by atoms with E-state index in [1.54, 1.807) is 13.3 Å². The lowest BCUT2D eigenvalue weighted by Crippen LogP contribution is -2.15. The Balaban J connectivity index is 2.46. The van der Waals surface area contributed by atoms with E-state index in [-0.39, 0.29) is 6.61 Å². The maximum atomic E-state index is 8.89. The molecule has 0 fully saturated rings. The van der Waals surface area contributed by atoms with Gasteiger partial charge in [-0.25, -0.2) is 4.98 Å². The maximum Gasteiger partial charge on any atom is 0.214 e. The summed E-state index contributed by atoms with van der Waals surface area (Å²) in [6, 6.07) is 3.78. The van der Waals surface area contributed by atoms with Crippen molar-refractivity contribution in [3.63, 3.8) is 0 Å². The molecule has 0 amide bonds. The van der Waals surface area contributed by atoms with Crippen LogP contribution < -0.4 is 10.1 Å². The number of anilines is 1. The Labute approximate surface area is 96.7 Å². The van der Waals surface area contributed by atoms with Crippen molar-refractivity contribution in [1.29, 1.82) is 0 Å². The summed E-state index contributed by atoms with van der Waals surface area (Å²) in [5.41, 5.74) is 1.00. The molecule has 1 rings (SSSR count). The first-order valence-corrected chi connectivity index (χ1v) is 5.65. The fraction of sp³-hybridized carbons (Fsp3) is 0.583. The Morgan fingerprint density at radius 1 is 1.56 bits per heavy atom. The van der Waals surface area contributed by atoms with Gasteiger partial charge in [-0.1, -0.05) is 13.3 Å². The molecule has 0 radical (unpaired) electrons. The molecule has 0 saturated heterocycles. The summed E-state index contributed by atoms with van der Waals surface area (Å²) in [5.74, 6) is 1.12. The summed E-state index contributed by atoms with van der Waals surface area (Å²) in [6.45, 7) is 3.25. The first-order valence-electron chi connectivity index (χ1n) is 5.65. The molecule has 0 aromatic carbocycles. The minimum Gasteiger partial charge on any atom is -0.481 e. The first-order chi connectivity index (χ1) is 7.80. The normalized spacial score (nSPS) is 12.2. The molecule has 16 heavy (non-hydrogen) atoms. The van der Waals surface area contributed by atoms with Gasteiger partial charge < -0.3 is 15.2 Å². The summed E-state index contributed by atoms with van der Waals surface area (Å²) in [7, 11) is 1.60. The summed E-state index contributed by atoms with van der Waals surface area (Å²) in [5, 5.41) is 12.2. The number of methoxy groups -OCH3 is 1. The average molecular weight is 224 g/mol. The fourth-order valence-corrected chi connectivity index (χ4v) is 1.53. The highest BCUT2D eigenvalue weighted by atomic mass is 16.5. The molecule has 1 atom stereocenters. The van der Waals surface area contributed by atoms with Crippen LogP contribution in [0.3, 0.4) is 0 Å². The van der Waals surface area contributed by atoms with Crippen LogP contribution >= 0.6 is 0 Å². The number of ether oxygens (including phenoxy) is 1. The Kier molecular flexibility index (Phi) is 5.64. The standard InChI is InChI=1S/C12H20N2O2/c1-3-10(5-7-15)9-14-11-4-6-13-12(8-11)16-2/h4,6,8,10,15H,3,5,7,9H2,1-2H3,(H,13,14). The van der Waals surface area contributed by atoms with E-state index in [0.29, 0.717) is 11.8 Å². The van der Waals surface area contributed by atoms with Gasteiger partial charge in [-0.15, -0.1) is 0 Å². The van der Waals surface area contributed by atoms with Crippen molar-refractivity contribution in [3.05, 3.63) is 18.3 Å². The van der Waals surface area contributed by atoms with Crippen LogP contribution in [0.4, 0.5) is 5.69 Å². The van der Waals surface area contributed by atoms with E-state index in [2.05, 4.69) is 17.2 Å². The quantitative estimate of drug-likeness (QED) is 0.743. The number of aliphatic hydroxyl groups excluding tert-OH is 1. The zero-order valence-corrected chi connectivity index (χ0v) is 9.94. The smallest absolute Gasteiger partial charge is 0.214 e. The third-order valence-corrected chi connectivity index (χ3v) is 2.65. The highest BCUT2D eigenvalue weighted by molar-refractivity contribution is 5.44. The molecule has 2 N–H and O–H groups in total. The number of nitrogens with zero attached hydrogens (tertiary/aromatic N) is 1. The van der Waals surface area contributed by atoms with Gasteiger partial charge in [-0.2, -0.15) is 0 Å². The average Bonchev–Trinajstić information content (AvgIpc) is 2.34. The number of hydrogen-bond acceptors (Lipinski definition) is 4. The zero-order chi connectivity index (χ0) is 11.8. The van der Waals surface area contributed by atoms with Crippen molar-refractivity contribution in [2.24, 2.45) is 5.92 Å². The van der Waals surface area contributed by atoms with Crippen molar-refractivity contribution in [2.45, 2.75) is 19.8 Å². The van der Waals surface area contributed by atoms with Gasteiger partial charge in [-0.3, -0.25) is 0 Å². The third kappa shape index (κ3) is 4.06. The Bertz CT molecular complexity index is 305. The Morgan fingerprint density at radius 2 is 2.38 bits per heavy atom. The van der Waals surface area contributed by atoms with Gasteiger partial charge in [0.1, 0.15) is 0 Å². The molecular formula is C12H20N2O2. The molecule has 0 saturated carbocycles. The third-order valence-electron chi connectivity index (χ3n) is 2.65. The van der Waals surface area contributed by atoms with Crippen molar-refractivity contribution in [2.75, 3.05) is 25.6 Å². The Morgan fingerprint density at radius 3 is 3.00 bits per heavy atom. The SMILES string of the molecule is CCC(CCO)CNc1ccnc(OC)c1. The first kappa shape index (κ1) is 12.8. The highest BCUT2D eigenvalue weighted by Gasteiger charge is 2.05. The molecule has 4 nitrogen and oxygen atoms in total. The number of nitrogens with one attached hydrogen (secondary N) is 1. The fourth-order valence-electron chi connectivity index (χ4n) is 1.53. The zero-order valence-electron chi connectivity index (χ0n) is 9.94. The van der Waals surface area contributed by atoms with E-state index in [9.17, 15) is 0 Å². The second kappa shape index (κ2) is 7.06. The van der Waals surface area contributed by atoms with Gasteiger partial charge in [0.25, 0.3) is 0 Å². The molecule has 1 aromatic rings. The minimum absolute atomic E-state index is 0.250. The summed E-state index contributed by atoms with van der Waals surface area (Å²) >= 11 is 0. The molecule has 1 aromatic heterocycles. The molecule has 1 unspecified atom stereocenters. The molecule has 0 spiro atoms. The second-order valence-corrected chi connectivity index (χ2v) is 3.75. The van der Waals surface area contributed by atoms with Crippen LogP contribution in [0.15, 0.2) is 18.3 Å². The molecule has 1 heterocycles. The van der Waals surface area contributed by atoms with E-state index in [4.69, 9.17) is 9.84 Å². The van der Waals surface area contributed by atoms with Gasteiger partial charge in [0, 0.05) is 31.1 Å². The van der Waals surface area contributed by atoms with Crippen LogP contribution in [0.5, 0.6) is 5.88 Å². The number of hydrogen-bond donors (Lipinski definition) is 2. The van der Waals surface area contributed by atoms with E-state index < -0.39 is 0 Å². The predicted octanol–water partition coefficient (Wildman–Crippen LogP) is 1.91. The molecule has 0 aliphatic heterocycles. The lowest BCUT2D eigenvalue weighted by atomic mass is 10.0. The van der Waals surface area contributed by atoms with Crippen molar-refractivity contribution in [3.8, 4) is 5.88 Å². The lowest BCUT2D eigenvalue weighted by Gasteiger charge is -2.15. The van der Waals surface area contributed by atoms with Crippen LogP contribution in [-0.4, -0.2) is 30.4 Å². The molecule has 0 aliphatic carbocycles. The van der Waals surface area contributed by atoms with Gasteiger partial charge in [0.2, 0.25) is 5.88 Å². The van der Waals surface area contributed by atoms with Crippen LogP contribution in [0, 0.1) is 5.92 Å². The number of aromatic nitrogens is 1. The number of rotatable bonds is 7. The summed E-state index contributed by atoms with van der Waals surface area (Å²) < 4.78 is 5.04. The number of pyridine rings is 1. The molecule has 4 heteroatoms. The van der Waals surface area contributed by atoms with E-state index in [1.165, 1.54) is 0 Å². The minimum atomic E-state index is 0.250. The van der Waals surface area contributed by atoms with Crippen molar-refractivity contribution in [1.82, 2.24) is 4.98 Å². The van der Waals surface area contributed by atoms with Crippen LogP contribution in [0.25, 0.3) is 0 Å². The lowest BCUT2D eigenvalue weighted by molar-refractivity contribution is 0.258. The molecule has 90 valence electrons. The molecule has 0 bridgehead atoms. The monoisotopic (exact) mass is 224 g/mol. The van der Waals surface area contributed by atoms with Gasteiger partial charge >= 0.3 is 0 Å². The molecular weight excluding hydrogens is 204 g/mol. The van der Waals surface area contributed by atoms with E-state index >= 15 is 0 Å². The number of aliphatic hydroxyl groups is 1. The van der Waals surface area contributed by atoms with Crippen LogP contribution in [-0.2, 0) is 0 Å². The van der Waals surface area contributed by atoms with E-state index in [0.717, 1.165) is 25.1 Å². The highest BCUT2D eigenvalue weighted by Crippen LogP contribution is 2.15. The van der Waals surface area contributed by atoms with Gasteiger partial charge in [0.15, 0.2) is 0 Å². The van der Waals surface area contributed by atoms with Crippen LogP contribution in [0.1, 0.15) is 19.8 Å². The largest absolute Gasteiger partial charge is 0.481 e. The predicted molar refractivity (Wildman–Crippen MR) is 64.8 cm³/mol. The second-order valence-electron chi connectivity index (χ2n) is 3.75. The molecule has 0 aliphatic rings. The van der Waals surface area contributed by atoms with E-state index in [1.807, 2.05) is 12.1 Å². The summed E-state index contributed by atoms with van der Waals surface area (Å²) in [4.78, 5) is 4.04. The van der Waals surface area contributed by atoms with Gasteiger partial charge in [0.05, 0.1) is 7.11 Å². The maximum absolute atomic E-state index is 8.89. The van der Waals surface area contributed by atoms with Crippen LogP contribution in [0.2, 0.25) is 0 Å².